The van der Waals surface area contributed by atoms with Crippen molar-refractivity contribution in [1.29, 1.82) is 0 Å². The summed E-state index contributed by atoms with van der Waals surface area (Å²) in [6.45, 7) is 2.24. The summed E-state index contributed by atoms with van der Waals surface area (Å²) in [5.74, 6) is 3.58. The van der Waals surface area contributed by atoms with E-state index in [0.717, 1.165) is 28.5 Å². The fourth-order valence-corrected chi connectivity index (χ4v) is 11.7. The number of fused-ring (bicyclic) bond motifs is 4. The first-order valence-electron chi connectivity index (χ1n) is 14.1. The zero-order chi connectivity index (χ0) is 27.4. The minimum Gasteiger partial charge on any atom is -0.458 e. The van der Waals surface area contributed by atoms with Crippen LogP contribution < -0.4 is 46.6 Å². The number of aryl methyl sites for hydroxylation is 1. The summed E-state index contributed by atoms with van der Waals surface area (Å²) in [4.78, 5) is 0. The second kappa shape index (κ2) is 9.40. The highest BCUT2D eigenvalue weighted by Crippen LogP contribution is 2.34. The van der Waals surface area contributed by atoms with Gasteiger partial charge in [-0.05, 0) is 62.9 Å². The van der Waals surface area contributed by atoms with Crippen LogP contribution in [0.15, 0.2) is 146 Å². The lowest BCUT2D eigenvalue weighted by molar-refractivity contribution is 0.465. The Morgan fingerprint density at radius 2 is 0.927 bits per heavy atom. The van der Waals surface area contributed by atoms with Crippen molar-refractivity contribution < 1.29 is 9.47 Å². The van der Waals surface area contributed by atoms with Gasteiger partial charge in [0.15, 0.2) is 8.07 Å². The smallest absolute Gasteiger partial charge is 0.260 e. The number of hydrogen-bond acceptors (Lipinski definition) is 2. The monoisotopic (exact) mass is 542 g/mol. The van der Waals surface area contributed by atoms with Crippen molar-refractivity contribution in [3.8, 4) is 23.0 Å². The molecule has 41 heavy (non-hydrogen) atoms. The van der Waals surface area contributed by atoms with Crippen LogP contribution in [0.5, 0.6) is 23.0 Å². The Kier molecular flexibility index (Phi) is 5.51. The van der Waals surface area contributed by atoms with Gasteiger partial charge in [-0.25, -0.2) is 0 Å². The highest BCUT2D eigenvalue weighted by molar-refractivity contribution is 7.20. The van der Waals surface area contributed by atoms with Crippen molar-refractivity contribution in [2.45, 2.75) is 6.92 Å². The molecule has 8 rings (SSSR count). The molecule has 0 saturated heterocycles. The second-order valence-electron chi connectivity index (χ2n) is 11.0. The average Bonchev–Trinajstić information content (AvgIpc) is 3.02. The van der Waals surface area contributed by atoms with Crippen LogP contribution in [0, 0.1) is 6.92 Å². The summed E-state index contributed by atoms with van der Waals surface area (Å²) >= 11 is 0. The van der Waals surface area contributed by atoms with E-state index in [1.807, 2.05) is 0 Å². The maximum absolute atomic E-state index is 6.75. The largest absolute Gasteiger partial charge is 0.458 e. The van der Waals surface area contributed by atoms with Gasteiger partial charge in [0, 0.05) is 5.46 Å². The normalized spacial score (nSPS) is 12.9. The first-order chi connectivity index (χ1) is 20.2. The molecule has 0 amide bonds. The van der Waals surface area contributed by atoms with Gasteiger partial charge in [0.25, 0.3) is 6.71 Å². The molecule has 6 aromatic rings. The van der Waals surface area contributed by atoms with Crippen LogP contribution in [0.3, 0.4) is 0 Å². The predicted octanol–water partition coefficient (Wildman–Crippen LogP) is 4.10. The van der Waals surface area contributed by atoms with Crippen LogP contribution in [-0.4, -0.2) is 14.8 Å². The summed E-state index contributed by atoms with van der Waals surface area (Å²) in [7, 11) is -2.78. The van der Waals surface area contributed by atoms with Gasteiger partial charge in [-0.2, -0.15) is 0 Å². The van der Waals surface area contributed by atoms with Crippen molar-refractivity contribution in [2.75, 3.05) is 0 Å². The molecule has 0 N–H and O–H groups in total. The lowest BCUT2D eigenvalue weighted by atomic mass is 9.35. The van der Waals surface area contributed by atoms with Gasteiger partial charge in [0.05, 0.1) is 0 Å². The molecule has 0 atom stereocenters. The average molecular weight is 543 g/mol. The van der Waals surface area contributed by atoms with Crippen LogP contribution >= 0.6 is 0 Å². The van der Waals surface area contributed by atoms with Gasteiger partial charge in [-0.15, -0.1) is 0 Å². The number of para-hydroxylation sites is 2. The standard InChI is InChI=1S/C37H27BO2Si/c1-26-13-12-18-29(23-26)41(27-14-4-2-5-15-27,28-16-6-3-7-17-28)30-24-35-37-36(25-30)40-34-22-11-9-20-32(34)38(37)31-19-8-10-21-33(31)39-35/h2-25H,1H3. The maximum Gasteiger partial charge on any atom is 0.260 e. The Bertz CT molecular complexity index is 1810. The van der Waals surface area contributed by atoms with E-state index in [1.165, 1.54) is 37.2 Å². The molecule has 194 valence electrons. The molecule has 2 aliphatic heterocycles. The molecule has 0 aromatic heterocycles. The molecular formula is C37H27BO2Si. The van der Waals surface area contributed by atoms with E-state index < -0.39 is 8.07 Å². The van der Waals surface area contributed by atoms with Crippen LogP contribution in [0.2, 0.25) is 0 Å². The predicted molar refractivity (Wildman–Crippen MR) is 172 cm³/mol. The van der Waals surface area contributed by atoms with Crippen LogP contribution in [0.4, 0.5) is 0 Å². The zero-order valence-corrected chi connectivity index (χ0v) is 23.8. The first-order valence-corrected chi connectivity index (χ1v) is 16.1. The highest BCUT2D eigenvalue weighted by atomic mass is 28.3. The van der Waals surface area contributed by atoms with Gasteiger partial charge >= 0.3 is 0 Å². The van der Waals surface area contributed by atoms with E-state index in [1.54, 1.807) is 0 Å². The third kappa shape index (κ3) is 3.64. The number of rotatable bonds is 4. The molecular weight excluding hydrogens is 515 g/mol. The number of hydrogen-bond donors (Lipinski definition) is 0. The second-order valence-corrected chi connectivity index (χ2v) is 14.8. The molecule has 0 radical (unpaired) electrons. The maximum atomic E-state index is 6.75. The summed E-state index contributed by atoms with van der Waals surface area (Å²) < 4.78 is 13.5. The third-order valence-corrected chi connectivity index (χ3v) is 13.3. The van der Waals surface area contributed by atoms with E-state index in [2.05, 4.69) is 153 Å². The van der Waals surface area contributed by atoms with Crippen molar-refractivity contribution in [1.82, 2.24) is 0 Å². The van der Waals surface area contributed by atoms with Crippen LogP contribution in [-0.2, 0) is 0 Å². The van der Waals surface area contributed by atoms with Crippen molar-refractivity contribution in [2.24, 2.45) is 0 Å². The Labute approximate surface area is 242 Å². The molecule has 2 heterocycles. The molecule has 0 unspecified atom stereocenters. The fraction of sp³-hybridized carbons (Fsp3) is 0.0270. The lowest BCUT2D eigenvalue weighted by Crippen LogP contribution is -2.75. The van der Waals surface area contributed by atoms with E-state index in [4.69, 9.17) is 9.47 Å². The Morgan fingerprint density at radius 1 is 0.439 bits per heavy atom. The van der Waals surface area contributed by atoms with E-state index >= 15 is 0 Å². The highest BCUT2D eigenvalue weighted by Gasteiger charge is 2.45. The molecule has 4 heteroatoms. The molecule has 0 aliphatic carbocycles. The topological polar surface area (TPSA) is 18.5 Å². The zero-order valence-electron chi connectivity index (χ0n) is 22.8. The Hall–Kier alpha value is -4.80. The van der Waals surface area contributed by atoms with E-state index in [9.17, 15) is 0 Å². The summed E-state index contributed by atoms with van der Waals surface area (Å²) in [5, 5.41) is 5.23. The van der Waals surface area contributed by atoms with Gasteiger partial charge in [0.2, 0.25) is 0 Å². The van der Waals surface area contributed by atoms with Crippen LogP contribution in [0.1, 0.15) is 5.56 Å². The molecule has 2 aliphatic rings. The Morgan fingerprint density at radius 3 is 1.46 bits per heavy atom. The van der Waals surface area contributed by atoms with Crippen molar-refractivity contribution in [3.05, 3.63) is 151 Å². The molecule has 0 saturated carbocycles. The first kappa shape index (κ1) is 24.0. The van der Waals surface area contributed by atoms with Gasteiger partial charge in [-0.3, -0.25) is 0 Å². The van der Waals surface area contributed by atoms with Crippen LogP contribution in [0.25, 0.3) is 0 Å². The molecule has 6 aromatic carbocycles. The number of benzene rings is 6. The van der Waals surface area contributed by atoms with Gasteiger partial charge in [0.1, 0.15) is 23.0 Å². The number of ether oxygens (including phenoxy) is 2. The summed E-state index contributed by atoms with van der Waals surface area (Å²) in [6, 6.07) is 52.5. The lowest BCUT2D eigenvalue weighted by Gasteiger charge is -2.38. The van der Waals surface area contributed by atoms with Crippen molar-refractivity contribution >= 4 is 51.9 Å². The molecule has 2 nitrogen and oxygen atoms in total. The van der Waals surface area contributed by atoms with E-state index in [0.29, 0.717) is 0 Å². The molecule has 0 fully saturated rings. The minimum absolute atomic E-state index is 0.0624. The van der Waals surface area contributed by atoms with Gasteiger partial charge in [-0.1, -0.05) is 127 Å². The molecule has 0 spiro atoms. The molecule has 0 bridgehead atoms. The Balaban J connectivity index is 1.48. The fourth-order valence-electron chi connectivity index (χ4n) is 6.86. The van der Waals surface area contributed by atoms with Crippen molar-refractivity contribution in [3.63, 3.8) is 0 Å². The summed E-state index contributed by atoms with van der Waals surface area (Å²) in [5.41, 5.74) is 4.72. The summed E-state index contributed by atoms with van der Waals surface area (Å²) in [6.07, 6.45) is 0. The SMILES string of the molecule is Cc1cccc([Si](c2ccccc2)(c2ccccc2)c2cc3c4c(c2)Oc2ccccc2B4c2ccccc2O3)c1. The van der Waals surface area contributed by atoms with E-state index in [-0.39, 0.29) is 6.71 Å². The van der Waals surface area contributed by atoms with Gasteiger partial charge < -0.3 is 9.47 Å². The quantitative estimate of drug-likeness (QED) is 0.246. The third-order valence-electron chi connectivity index (χ3n) is 8.59. The minimum atomic E-state index is -2.78.